The highest BCUT2D eigenvalue weighted by Gasteiger charge is 2.27. The fraction of sp³-hybridized carbons (Fsp3) is 0.667. The van der Waals surface area contributed by atoms with Crippen LogP contribution in [0, 0.1) is 23.5 Å². The van der Waals surface area contributed by atoms with Crippen molar-refractivity contribution in [2.24, 2.45) is 11.8 Å². The molecule has 1 aromatic carbocycles. The van der Waals surface area contributed by atoms with Crippen molar-refractivity contribution < 1.29 is 8.78 Å². The van der Waals surface area contributed by atoms with Gasteiger partial charge in [-0.25, -0.2) is 8.78 Å². The first kappa shape index (κ1) is 16.4. The van der Waals surface area contributed by atoms with E-state index in [0.29, 0.717) is 23.8 Å². The summed E-state index contributed by atoms with van der Waals surface area (Å²) in [5.74, 6) is -0.400. The molecule has 21 heavy (non-hydrogen) atoms. The molecule has 2 rings (SSSR count). The molecule has 0 radical (unpaired) electrons. The van der Waals surface area contributed by atoms with Crippen molar-refractivity contribution >= 4 is 0 Å². The molecule has 3 heteroatoms. The zero-order chi connectivity index (χ0) is 15.5. The molecule has 1 nitrogen and oxygen atoms in total. The van der Waals surface area contributed by atoms with Crippen molar-refractivity contribution in [2.75, 3.05) is 6.54 Å². The Morgan fingerprint density at radius 1 is 1.19 bits per heavy atom. The molecule has 0 saturated heterocycles. The van der Waals surface area contributed by atoms with E-state index in [1.165, 1.54) is 31.7 Å². The first-order valence-corrected chi connectivity index (χ1v) is 8.05. The Morgan fingerprint density at radius 2 is 1.86 bits per heavy atom. The summed E-state index contributed by atoms with van der Waals surface area (Å²) >= 11 is 0. The van der Waals surface area contributed by atoms with Crippen molar-refractivity contribution in [3.8, 4) is 0 Å². The summed E-state index contributed by atoms with van der Waals surface area (Å²) in [4.78, 5) is 0. The van der Waals surface area contributed by atoms with Crippen LogP contribution in [0.25, 0.3) is 0 Å². The van der Waals surface area contributed by atoms with Crippen LogP contribution in [0.5, 0.6) is 0 Å². The van der Waals surface area contributed by atoms with Gasteiger partial charge in [-0.1, -0.05) is 37.8 Å². The number of rotatable bonds is 5. The maximum Gasteiger partial charge on any atom is 0.162 e. The van der Waals surface area contributed by atoms with Gasteiger partial charge in [0.1, 0.15) is 0 Å². The Labute approximate surface area is 127 Å². The molecule has 118 valence electrons. The van der Waals surface area contributed by atoms with Gasteiger partial charge in [-0.2, -0.15) is 0 Å². The molecule has 1 fully saturated rings. The van der Waals surface area contributed by atoms with Crippen LogP contribution in [-0.2, 0) is 6.42 Å². The summed E-state index contributed by atoms with van der Waals surface area (Å²) in [5.41, 5.74) is 0.569. The topological polar surface area (TPSA) is 12.0 Å². The Balaban J connectivity index is 2.09. The minimum absolute atomic E-state index is 0.0529. The second-order valence-electron chi connectivity index (χ2n) is 7.35. The van der Waals surface area contributed by atoms with Crippen molar-refractivity contribution in [1.82, 2.24) is 5.32 Å². The van der Waals surface area contributed by atoms with Crippen LogP contribution in [0.1, 0.15) is 52.0 Å². The summed E-state index contributed by atoms with van der Waals surface area (Å²) in [6.45, 7) is 7.29. The lowest BCUT2D eigenvalue weighted by molar-refractivity contribution is 0.284. The molecule has 1 unspecified atom stereocenters. The molecular weight excluding hydrogens is 268 g/mol. The van der Waals surface area contributed by atoms with E-state index in [4.69, 9.17) is 0 Å². The molecule has 0 aromatic heterocycles. The standard InChI is InChI=1S/C18H27F2N/c1-18(2,3)21-12-15(13-7-4-5-8-13)11-14-9-6-10-16(19)17(14)20/h6,9-10,13,15,21H,4-5,7-8,11-12H2,1-3H3. The number of hydrogen-bond donors (Lipinski definition) is 1. The molecule has 1 atom stereocenters. The third-order valence-electron chi connectivity index (χ3n) is 4.47. The molecular formula is C18H27F2N. The molecule has 1 aliphatic carbocycles. The molecule has 0 heterocycles. The van der Waals surface area contributed by atoms with Crippen LogP contribution in [0.15, 0.2) is 18.2 Å². The smallest absolute Gasteiger partial charge is 0.162 e. The highest BCUT2D eigenvalue weighted by molar-refractivity contribution is 5.19. The second-order valence-corrected chi connectivity index (χ2v) is 7.35. The van der Waals surface area contributed by atoms with Gasteiger partial charge in [-0.05, 0) is 57.2 Å². The highest BCUT2D eigenvalue weighted by atomic mass is 19.2. The second kappa shape index (κ2) is 6.87. The van der Waals surface area contributed by atoms with E-state index in [1.807, 2.05) is 0 Å². The average Bonchev–Trinajstić information content (AvgIpc) is 2.92. The Hall–Kier alpha value is -0.960. The molecule has 1 saturated carbocycles. The highest BCUT2D eigenvalue weighted by Crippen LogP contribution is 2.33. The third kappa shape index (κ3) is 4.77. The van der Waals surface area contributed by atoms with E-state index in [-0.39, 0.29) is 5.54 Å². The van der Waals surface area contributed by atoms with Gasteiger partial charge in [0, 0.05) is 5.54 Å². The van der Waals surface area contributed by atoms with Gasteiger partial charge in [0.15, 0.2) is 11.6 Å². The van der Waals surface area contributed by atoms with E-state index < -0.39 is 11.6 Å². The van der Waals surface area contributed by atoms with Gasteiger partial charge < -0.3 is 5.32 Å². The Bertz CT molecular complexity index is 459. The summed E-state index contributed by atoms with van der Waals surface area (Å²) in [5, 5.41) is 3.54. The van der Waals surface area contributed by atoms with Crippen molar-refractivity contribution in [2.45, 2.75) is 58.4 Å². The van der Waals surface area contributed by atoms with Gasteiger partial charge in [0.25, 0.3) is 0 Å². The van der Waals surface area contributed by atoms with Crippen molar-refractivity contribution in [1.29, 1.82) is 0 Å². The van der Waals surface area contributed by atoms with Crippen molar-refractivity contribution in [3.05, 3.63) is 35.4 Å². The summed E-state index contributed by atoms with van der Waals surface area (Å²) in [7, 11) is 0. The van der Waals surface area contributed by atoms with Crippen LogP contribution in [-0.4, -0.2) is 12.1 Å². The maximum atomic E-state index is 13.9. The largest absolute Gasteiger partial charge is 0.312 e. The quantitative estimate of drug-likeness (QED) is 0.830. The molecule has 1 aromatic rings. The number of halogens is 2. The molecule has 1 N–H and O–H groups in total. The third-order valence-corrected chi connectivity index (χ3v) is 4.47. The lowest BCUT2D eigenvalue weighted by atomic mass is 9.85. The lowest BCUT2D eigenvalue weighted by Gasteiger charge is -2.29. The van der Waals surface area contributed by atoms with Gasteiger partial charge in [0.05, 0.1) is 0 Å². The Kier molecular flexibility index (Phi) is 5.37. The SMILES string of the molecule is CC(C)(C)NCC(Cc1cccc(F)c1F)C1CCCC1. The predicted molar refractivity (Wildman–Crippen MR) is 83.3 cm³/mol. The van der Waals surface area contributed by atoms with Crippen LogP contribution in [0.4, 0.5) is 8.78 Å². The minimum atomic E-state index is -0.735. The van der Waals surface area contributed by atoms with Crippen LogP contribution >= 0.6 is 0 Å². The summed E-state index contributed by atoms with van der Waals surface area (Å²) in [6.07, 6.45) is 5.59. The van der Waals surface area contributed by atoms with Gasteiger partial charge >= 0.3 is 0 Å². The molecule has 1 aliphatic rings. The number of nitrogens with one attached hydrogen (secondary N) is 1. The van der Waals surface area contributed by atoms with Crippen molar-refractivity contribution in [3.63, 3.8) is 0 Å². The van der Waals surface area contributed by atoms with E-state index in [0.717, 1.165) is 6.54 Å². The first-order chi connectivity index (χ1) is 9.87. The lowest BCUT2D eigenvalue weighted by Crippen LogP contribution is -2.41. The normalized spacial score (nSPS) is 18.1. The van der Waals surface area contributed by atoms with Crippen LogP contribution in [0.3, 0.4) is 0 Å². The van der Waals surface area contributed by atoms with Crippen LogP contribution < -0.4 is 5.32 Å². The fourth-order valence-electron chi connectivity index (χ4n) is 3.26. The van der Waals surface area contributed by atoms with E-state index in [1.54, 1.807) is 12.1 Å². The molecule has 0 bridgehead atoms. The monoisotopic (exact) mass is 295 g/mol. The van der Waals surface area contributed by atoms with Crippen LogP contribution in [0.2, 0.25) is 0 Å². The zero-order valence-electron chi connectivity index (χ0n) is 13.4. The summed E-state index contributed by atoms with van der Waals surface area (Å²) in [6, 6.07) is 4.52. The zero-order valence-corrected chi connectivity index (χ0v) is 13.4. The van der Waals surface area contributed by atoms with E-state index in [9.17, 15) is 8.78 Å². The van der Waals surface area contributed by atoms with Gasteiger partial charge in [-0.3, -0.25) is 0 Å². The number of benzene rings is 1. The van der Waals surface area contributed by atoms with E-state index >= 15 is 0 Å². The molecule has 0 amide bonds. The van der Waals surface area contributed by atoms with E-state index in [2.05, 4.69) is 26.1 Å². The molecule has 0 aliphatic heterocycles. The van der Waals surface area contributed by atoms with Gasteiger partial charge in [-0.15, -0.1) is 0 Å². The summed E-state index contributed by atoms with van der Waals surface area (Å²) < 4.78 is 27.3. The number of hydrogen-bond acceptors (Lipinski definition) is 1. The Morgan fingerprint density at radius 3 is 2.48 bits per heavy atom. The fourth-order valence-corrected chi connectivity index (χ4v) is 3.26. The maximum absolute atomic E-state index is 13.9. The first-order valence-electron chi connectivity index (χ1n) is 8.05. The predicted octanol–water partition coefficient (Wildman–Crippen LogP) is 4.70. The molecule has 0 spiro atoms. The van der Waals surface area contributed by atoms with Gasteiger partial charge in [0.2, 0.25) is 0 Å². The average molecular weight is 295 g/mol. The minimum Gasteiger partial charge on any atom is -0.312 e.